The van der Waals surface area contributed by atoms with Crippen LogP contribution in [-0.2, 0) is 5.41 Å². The summed E-state index contributed by atoms with van der Waals surface area (Å²) in [5.41, 5.74) is 6.54. The third kappa shape index (κ3) is 2.13. The zero-order valence-electron chi connectivity index (χ0n) is 14.6. The quantitative estimate of drug-likeness (QED) is 0.438. The Balaban J connectivity index is 1.94. The van der Waals surface area contributed by atoms with Gasteiger partial charge in [-0.3, -0.25) is 0 Å². The Hall–Kier alpha value is -3.52. The van der Waals surface area contributed by atoms with Gasteiger partial charge in [0.05, 0.1) is 5.41 Å². The first-order valence-corrected chi connectivity index (χ1v) is 8.99. The van der Waals surface area contributed by atoms with E-state index in [1.807, 2.05) is 24.3 Å². The lowest BCUT2D eigenvalue weighted by Gasteiger charge is -2.33. The van der Waals surface area contributed by atoms with Crippen molar-refractivity contribution in [1.82, 2.24) is 0 Å². The van der Waals surface area contributed by atoms with Crippen LogP contribution in [0, 0.1) is 0 Å². The average molecular weight is 362 g/mol. The fraction of sp³-hybridized carbons (Fsp3) is 0.0400. The van der Waals surface area contributed by atoms with E-state index in [0.29, 0.717) is 0 Å². The van der Waals surface area contributed by atoms with Crippen molar-refractivity contribution in [1.29, 1.82) is 0 Å². The molecule has 5 rings (SSSR count). The number of hydrogen-bond acceptors (Lipinski definition) is 2. The Morgan fingerprint density at radius 1 is 0.444 bits per heavy atom. The highest BCUT2D eigenvalue weighted by Gasteiger charge is 2.45. The van der Waals surface area contributed by atoms with Crippen LogP contribution in [0.3, 0.4) is 0 Å². The topological polar surface area (TPSA) is 40.5 Å². The van der Waals surface area contributed by atoms with Crippen molar-refractivity contribution in [2.45, 2.75) is 5.41 Å². The average Bonchev–Trinajstić information content (AvgIpc) is 3.01. The number of aromatic hydroxyl groups is 2. The summed E-state index contributed by atoms with van der Waals surface area (Å²) in [7, 11) is 0. The van der Waals surface area contributed by atoms with Gasteiger partial charge in [-0.25, -0.2) is 0 Å². The second kappa shape index (κ2) is 5.75. The fourth-order valence-corrected chi connectivity index (χ4v) is 4.45. The zero-order chi connectivity index (χ0) is 18.4. The minimum Gasteiger partial charge on any atom is -0.508 e. The monoisotopic (exact) mass is 362 g/mol. The van der Waals surface area contributed by atoms with Crippen LogP contribution in [0.4, 0.5) is 0 Å². The SMILES string of the molecule is O[13c]1[13cH][13cH][13c](C2([13c]3[13cH][13cH][13c](O)[13cH][13cH]3)c3ccccc3-c3ccccc32)[13cH][13cH]1. The molecule has 0 saturated carbocycles. The van der Waals surface area contributed by atoms with Crippen molar-refractivity contribution in [3.05, 3.63) is 119 Å². The molecule has 0 aromatic heterocycles. The molecule has 0 saturated heterocycles. The summed E-state index contributed by atoms with van der Waals surface area (Å²) in [5.74, 6) is 0.498. The number of phenols is 2. The molecule has 1 aliphatic carbocycles. The molecule has 0 radical (unpaired) electrons. The molecule has 2 heteroatoms. The van der Waals surface area contributed by atoms with Crippen molar-refractivity contribution < 1.29 is 10.2 Å². The van der Waals surface area contributed by atoms with Gasteiger partial charge in [0, 0.05) is 0 Å². The Labute approximate surface area is 158 Å². The minimum absolute atomic E-state index is 0.249. The van der Waals surface area contributed by atoms with E-state index in [1.165, 1.54) is 22.3 Å². The Bertz CT molecular complexity index is 1030. The molecule has 4 aromatic rings. The van der Waals surface area contributed by atoms with Gasteiger partial charge < -0.3 is 10.2 Å². The summed E-state index contributed by atoms with van der Waals surface area (Å²) in [5, 5.41) is 19.7. The third-order valence-corrected chi connectivity index (χ3v) is 5.55. The molecule has 4 aromatic carbocycles. The van der Waals surface area contributed by atoms with Crippen molar-refractivity contribution in [2.24, 2.45) is 0 Å². The van der Waals surface area contributed by atoms with E-state index < -0.39 is 5.41 Å². The van der Waals surface area contributed by atoms with Crippen molar-refractivity contribution in [3.63, 3.8) is 0 Å². The second-order valence-electron chi connectivity index (χ2n) is 6.93. The molecule has 1 aliphatic rings. The Kier molecular flexibility index (Phi) is 3.34. The van der Waals surface area contributed by atoms with Gasteiger partial charge in [-0.2, -0.15) is 0 Å². The third-order valence-electron chi connectivity index (χ3n) is 5.55. The molecule has 0 aliphatic heterocycles. The van der Waals surface area contributed by atoms with E-state index in [1.54, 1.807) is 24.3 Å². The molecule has 0 unspecified atom stereocenters. The summed E-state index contributed by atoms with van der Waals surface area (Å²) >= 11 is 0. The largest absolute Gasteiger partial charge is 0.508 e. The molecule has 2 nitrogen and oxygen atoms in total. The molecule has 0 spiro atoms. The number of rotatable bonds is 2. The van der Waals surface area contributed by atoms with Gasteiger partial charge in [0.2, 0.25) is 0 Å². The smallest absolute Gasteiger partial charge is 0.115 e. The number of hydrogen-bond donors (Lipinski definition) is 2. The lowest BCUT2D eigenvalue weighted by atomic mass is 9.90. The van der Waals surface area contributed by atoms with Crippen LogP contribution in [0.1, 0.15) is 22.3 Å². The van der Waals surface area contributed by atoms with Gasteiger partial charge in [-0.15, -0.1) is 0 Å². The zero-order valence-corrected chi connectivity index (χ0v) is 14.6. The number of benzene rings is 4. The molecular formula is C25H18O2. The second-order valence-corrected chi connectivity index (χ2v) is 6.93. The van der Waals surface area contributed by atoms with Gasteiger partial charge in [-0.05, 0) is 57.6 Å². The highest BCUT2D eigenvalue weighted by atomic mass is 16.3. The standard InChI is InChI=1S/C25H18O2/c26-19-13-9-17(10-14-19)25(18-11-15-20(27)16-12-18)23-7-3-1-5-21(23)22-6-2-4-8-24(22)25/h1-16,26-27H/i9+1,10+1,11+1,12+1,13+1,14+1,15+1,16+1,17+1,18+1,19+1,20+1. The van der Waals surface area contributed by atoms with Gasteiger partial charge in [0.1, 0.15) is 11.5 Å². The fourth-order valence-electron chi connectivity index (χ4n) is 4.45. The molecule has 27 heavy (non-hydrogen) atoms. The first kappa shape index (κ1) is 15.7. The van der Waals surface area contributed by atoms with Gasteiger partial charge >= 0.3 is 0 Å². The molecule has 0 atom stereocenters. The summed E-state index contributed by atoms with van der Waals surface area (Å²) in [6.45, 7) is 0. The summed E-state index contributed by atoms with van der Waals surface area (Å²) in [4.78, 5) is 0. The highest BCUT2D eigenvalue weighted by molar-refractivity contribution is 5.86. The predicted molar refractivity (Wildman–Crippen MR) is 107 cm³/mol. The lowest BCUT2D eigenvalue weighted by Crippen LogP contribution is -2.28. The van der Waals surface area contributed by atoms with Gasteiger partial charge in [0.15, 0.2) is 0 Å². The van der Waals surface area contributed by atoms with Crippen LogP contribution in [0.2, 0.25) is 0 Å². The Morgan fingerprint density at radius 3 is 1.22 bits per heavy atom. The molecule has 2 N–H and O–H groups in total. The van der Waals surface area contributed by atoms with Crippen LogP contribution in [0.5, 0.6) is 11.5 Å². The van der Waals surface area contributed by atoms with Gasteiger partial charge in [0.25, 0.3) is 0 Å². The van der Waals surface area contributed by atoms with E-state index in [2.05, 4.69) is 48.5 Å². The summed E-state index contributed by atoms with van der Waals surface area (Å²) in [6.07, 6.45) is 0. The molecule has 130 valence electrons. The number of phenolic OH excluding ortho intramolecular Hbond substituents is 2. The highest BCUT2D eigenvalue weighted by Crippen LogP contribution is 2.56. The normalized spacial score (nSPS) is 13.8. The molecule has 0 amide bonds. The van der Waals surface area contributed by atoms with Crippen LogP contribution < -0.4 is 0 Å². The molecule has 0 heterocycles. The van der Waals surface area contributed by atoms with Crippen LogP contribution in [0.15, 0.2) is 97.1 Å². The van der Waals surface area contributed by atoms with Gasteiger partial charge in [-0.1, -0.05) is 72.8 Å². The van der Waals surface area contributed by atoms with E-state index in [9.17, 15) is 10.2 Å². The van der Waals surface area contributed by atoms with E-state index >= 15 is 0 Å². The van der Waals surface area contributed by atoms with Crippen LogP contribution in [0.25, 0.3) is 11.1 Å². The first-order valence-electron chi connectivity index (χ1n) is 8.99. The molecule has 0 bridgehead atoms. The number of fused-ring (bicyclic) bond motifs is 3. The maximum Gasteiger partial charge on any atom is 0.115 e. The predicted octanol–water partition coefficient (Wildman–Crippen LogP) is 5.46. The Morgan fingerprint density at radius 2 is 0.815 bits per heavy atom. The van der Waals surface area contributed by atoms with Crippen molar-refractivity contribution in [2.75, 3.05) is 0 Å². The van der Waals surface area contributed by atoms with E-state index in [0.717, 1.165) is 11.1 Å². The summed E-state index contributed by atoms with van der Waals surface area (Å²) < 4.78 is 0. The lowest BCUT2D eigenvalue weighted by molar-refractivity contribution is 0.475. The van der Waals surface area contributed by atoms with Crippen molar-refractivity contribution in [3.8, 4) is 22.6 Å². The van der Waals surface area contributed by atoms with Crippen LogP contribution >= 0.6 is 0 Å². The maximum atomic E-state index is 9.85. The van der Waals surface area contributed by atoms with Crippen LogP contribution in [-0.4, -0.2) is 10.2 Å². The molecule has 0 fully saturated rings. The first-order chi connectivity index (χ1) is 13.2. The maximum absolute atomic E-state index is 9.85. The van der Waals surface area contributed by atoms with E-state index in [-0.39, 0.29) is 11.5 Å². The van der Waals surface area contributed by atoms with Crippen molar-refractivity contribution >= 4 is 0 Å². The van der Waals surface area contributed by atoms with E-state index in [4.69, 9.17) is 0 Å². The summed E-state index contributed by atoms with van der Waals surface area (Å²) in [6, 6.07) is 31.9. The minimum atomic E-state index is -0.491. The molecular weight excluding hydrogens is 344 g/mol.